The van der Waals surface area contributed by atoms with Crippen LogP contribution in [0.2, 0.25) is 0 Å². The lowest BCUT2D eigenvalue weighted by Gasteiger charge is -2.01. The van der Waals surface area contributed by atoms with Gasteiger partial charge in [0.05, 0.1) is 4.92 Å². The number of nitro benzene ring substituents is 1. The zero-order chi connectivity index (χ0) is 21.1. The van der Waals surface area contributed by atoms with Gasteiger partial charge in [-0.25, -0.2) is 0 Å². The highest BCUT2D eigenvalue weighted by atomic mass is 16.6. The highest BCUT2D eigenvalue weighted by Gasteiger charge is 2.19. The summed E-state index contributed by atoms with van der Waals surface area (Å²) >= 11 is 0. The lowest BCUT2D eigenvalue weighted by molar-refractivity contribution is -0.385. The number of esters is 1. The minimum absolute atomic E-state index is 0.115. The standard InChI is InChI=1S/C13H9NO3.C10H12O2/c15-13(10-6-2-1-3-7-10)11-8-4-5-9-12(11)14(16)17;1-2-10(11)12-8-9-6-4-3-5-7-9/h1-9H;3-7H,2,8H2,1H3. The van der Waals surface area contributed by atoms with E-state index in [2.05, 4.69) is 0 Å². The maximum Gasteiger partial charge on any atom is 0.305 e. The van der Waals surface area contributed by atoms with Crippen molar-refractivity contribution in [2.45, 2.75) is 20.0 Å². The Morgan fingerprint density at radius 3 is 2.00 bits per heavy atom. The summed E-state index contributed by atoms with van der Waals surface area (Å²) in [5, 5.41) is 10.8. The van der Waals surface area contributed by atoms with E-state index < -0.39 is 4.92 Å². The number of para-hydroxylation sites is 1. The monoisotopic (exact) mass is 391 g/mol. The lowest BCUT2D eigenvalue weighted by atomic mass is 10.0. The summed E-state index contributed by atoms with van der Waals surface area (Å²) in [5.74, 6) is -0.489. The summed E-state index contributed by atoms with van der Waals surface area (Å²) < 4.78 is 4.94. The molecule has 0 amide bonds. The van der Waals surface area contributed by atoms with E-state index in [1.807, 2.05) is 30.3 Å². The van der Waals surface area contributed by atoms with Crippen LogP contribution in [0, 0.1) is 10.1 Å². The van der Waals surface area contributed by atoms with E-state index in [0.29, 0.717) is 18.6 Å². The SMILES string of the molecule is CCC(=O)OCc1ccccc1.O=C(c1ccccc1)c1ccccc1[N+](=O)[O-]. The molecule has 0 unspecified atom stereocenters. The number of nitrogens with zero attached hydrogens (tertiary/aromatic N) is 1. The molecule has 0 aliphatic carbocycles. The second kappa shape index (κ2) is 11.1. The second-order valence-corrected chi connectivity index (χ2v) is 5.97. The average molecular weight is 391 g/mol. The third-order valence-corrected chi connectivity index (χ3v) is 3.91. The molecule has 148 valence electrons. The smallest absolute Gasteiger partial charge is 0.305 e. The zero-order valence-electron chi connectivity index (χ0n) is 16.0. The molecule has 0 spiro atoms. The van der Waals surface area contributed by atoms with E-state index in [4.69, 9.17) is 4.74 Å². The summed E-state index contributed by atoms with van der Waals surface area (Å²) in [4.78, 5) is 33.1. The van der Waals surface area contributed by atoms with Crippen molar-refractivity contribution >= 4 is 17.4 Å². The zero-order valence-corrected chi connectivity index (χ0v) is 16.0. The number of hydrogen-bond donors (Lipinski definition) is 0. The predicted molar refractivity (Wildman–Crippen MR) is 109 cm³/mol. The van der Waals surface area contributed by atoms with Gasteiger partial charge in [-0.05, 0) is 11.6 Å². The van der Waals surface area contributed by atoms with Crippen LogP contribution < -0.4 is 0 Å². The third kappa shape index (κ3) is 6.70. The number of ketones is 1. The molecule has 0 saturated carbocycles. The Labute approximate surface area is 168 Å². The second-order valence-electron chi connectivity index (χ2n) is 5.97. The molecule has 0 radical (unpaired) electrons. The summed E-state index contributed by atoms with van der Waals surface area (Å²) in [6.07, 6.45) is 0.437. The van der Waals surface area contributed by atoms with Gasteiger partial charge in [-0.3, -0.25) is 19.7 Å². The molecule has 0 saturated heterocycles. The Kier molecular flexibility index (Phi) is 8.26. The van der Waals surface area contributed by atoms with Crippen LogP contribution >= 0.6 is 0 Å². The number of rotatable bonds is 6. The van der Waals surface area contributed by atoms with Crippen molar-refractivity contribution in [1.29, 1.82) is 0 Å². The Hall–Kier alpha value is -3.80. The summed E-state index contributed by atoms with van der Waals surface area (Å²) in [5.41, 5.74) is 1.42. The van der Waals surface area contributed by atoms with Crippen LogP contribution in [0.5, 0.6) is 0 Å². The first-order valence-corrected chi connectivity index (χ1v) is 9.05. The normalized spacial score (nSPS) is 9.69. The maximum atomic E-state index is 12.1. The molecule has 0 heterocycles. The van der Waals surface area contributed by atoms with Gasteiger partial charge in [0.25, 0.3) is 5.69 Å². The molecule has 0 atom stereocenters. The molecule has 0 N–H and O–H groups in total. The van der Waals surface area contributed by atoms with Crippen molar-refractivity contribution < 1.29 is 19.2 Å². The van der Waals surface area contributed by atoms with Crippen LogP contribution in [0.1, 0.15) is 34.8 Å². The van der Waals surface area contributed by atoms with Crippen molar-refractivity contribution in [2.24, 2.45) is 0 Å². The molecule has 0 aromatic heterocycles. The predicted octanol–water partition coefficient (Wildman–Crippen LogP) is 4.97. The minimum Gasteiger partial charge on any atom is -0.461 e. The number of ether oxygens (including phenoxy) is 1. The number of nitro groups is 1. The van der Waals surface area contributed by atoms with Gasteiger partial charge in [-0.1, -0.05) is 79.7 Å². The van der Waals surface area contributed by atoms with Gasteiger partial charge in [0, 0.05) is 18.1 Å². The topological polar surface area (TPSA) is 86.5 Å². The molecule has 3 rings (SSSR count). The number of carbonyl (C=O) groups excluding carboxylic acids is 2. The van der Waals surface area contributed by atoms with E-state index in [1.54, 1.807) is 49.4 Å². The van der Waals surface area contributed by atoms with Crippen LogP contribution in [0.25, 0.3) is 0 Å². The first kappa shape index (κ1) is 21.5. The molecule has 6 heteroatoms. The molecule has 3 aromatic carbocycles. The van der Waals surface area contributed by atoms with E-state index in [0.717, 1.165) is 5.56 Å². The molecule has 29 heavy (non-hydrogen) atoms. The molecule has 6 nitrogen and oxygen atoms in total. The quantitative estimate of drug-likeness (QED) is 0.256. The summed E-state index contributed by atoms with van der Waals surface area (Å²) in [6, 6.07) is 24.1. The Morgan fingerprint density at radius 1 is 0.862 bits per heavy atom. The Balaban J connectivity index is 0.000000221. The summed E-state index contributed by atoms with van der Waals surface area (Å²) in [6.45, 7) is 2.17. The van der Waals surface area contributed by atoms with Crippen LogP contribution in [0.4, 0.5) is 5.69 Å². The van der Waals surface area contributed by atoms with Crippen LogP contribution in [0.15, 0.2) is 84.9 Å². The third-order valence-electron chi connectivity index (χ3n) is 3.91. The van der Waals surface area contributed by atoms with Crippen molar-refractivity contribution in [3.63, 3.8) is 0 Å². The molecule has 0 aliphatic heterocycles. The van der Waals surface area contributed by atoms with E-state index >= 15 is 0 Å². The van der Waals surface area contributed by atoms with Crippen molar-refractivity contribution in [3.05, 3.63) is 112 Å². The largest absolute Gasteiger partial charge is 0.461 e. The number of carbonyl (C=O) groups is 2. The van der Waals surface area contributed by atoms with Gasteiger partial charge in [0.2, 0.25) is 0 Å². The van der Waals surface area contributed by atoms with Gasteiger partial charge < -0.3 is 4.74 Å². The molecule has 0 bridgehead atoms. The van der Waals surface area contributed by atoms with Gasteiger partial charge in [-0.15, -0.1) is 0 Å². The fourth-order valence-electron chi connectivity index (χ4n) is 2.41. The molecule has 3 aromatic rings. The van der Waals surface area contributed by atoms with E-state index in [-0.39, 0.29) is 23.0 Å². The fraction of sp³-hybridized carbons (Fsp3) is 0.130. The molecule has 0 fully saturated rings. The average Bonchev–Trinajstić information content (AvgIpc) is 2.78. The maximum absolute atomic E-state index is 12.1. The first-order chi connectivity index (χ1) is 14.0. The lowest BCUT2D eigenvalue weighted by Crippen LogP contribution is -2.04. The van der Waals surface area contributed by atoms with Crippen LogP contribution in [-0.4, -0.2) is 16.7 Å². The Morgan fingerprint density at radius 2 is 1.41 bits per heavy atom. The van der Waals surface area contributed by atoms with Gasteiger partial charge >= 0.3 is 5.97 Å². The molecule has 0 aliphatic rings. The molecular weight excluding hydrogens is 370 g/mol. The number of benzene rings is 3. The van der Waals surface area contributed by atoms with Crippen molar-refractivity contribution in [2.75, 3.05) is 0 Å². The fourth-order valence-corrected chi connectivity index (χ4v) is 2.41. The minimum atomic E-state index is -0.545. The number of hydrogen-bond acceptors (Lipinski definition) is 5. The first-order valence-electron chi connectivity index (χ1n) is 9.05. The highest BCUT2D eigenvalue weighted by molar-refractivity contribution is 6.11. The van der Waals surface area contributed by atoms with Crippen LogP contribution in [-0.2, 0) is 16.1 Å². The van der Waals surface area contributed by atoms with Gasteiger partial charge in [0.15, 0.2) is 5.78 Å². The van der Waals surface area contributed by atoms with Crippen molar-refractivity contribution in [1.82, 2.24) is 0 Å². The van der Waals surface area contributed by atoms with E-state index in [1.165, 1.54) is 12.1 Å². The van der Waals surface area contributed by atoms with Gasteiger partial charge in [0.1, 0.15) is 12.2 Å². The van der Waals surface area contributed by atoms with Crippen LogP contribution in [0.3, 0.4) is 0 Å². The molecular formula is C23H21NO5. The Bertz CT molecular complexity index is 955. The van der Waals surface area contributed by atoms with Crippen molar-refractivity contribution in [3.8, 4) is 0 Å². The summed E-state index contributed by atoms with van der Waals surface area (Å²) in [7, 11) is 0. The highest BCUT2D eigenvalue weighted by Crippen LogP contribution is 2.20. The van der Waals surface area contributed by atoms with E-state index in [9.17, 15) is 19.7 Å². The van der Waals surface area contributed by atoms with Gasteiger partial charge in [-0.2, -0.15) is 0 Å².